The zero-order valence-corrected chi connectivity index (χ0v) is 16.1. The number of carbonyl (C=O) groups excluding carboxylic acids is 1. The van der Waals surface area contributed by atoms with Crippen LogP contribution in [0.25, 0.3) is 0 Å². The van der Waals surface area contributed by atoms with Gasteiger partial charge in [-0.1, -0.05) is 19.9 Å². The van der Waals surface area contributed by atoms with Crippen LogP contribution in [0.3, 0.4) is 0 Å². The molecule has 3 atom stereocenters. The summed E-state index contributed by atoms with van der Waals surface area (Å²) in [5, 5.41) is 12.9. The maximum Gasteiger partial charge on any atom is 0.335 e. The number of carboxylic acids is 1. The highest BCUT2D eigenvalue weighted by atomic mass is 16.4. The predicted molar refractivity (Wildman–Crippen MR) is 105 cm³/mol. The number of carbonyl (C=O) groups is 2. The molecule has 142 valence electrons. The van der Waals surface area contributed by atoms with Crippen LogP contribution in [0, 0.1) is 12.8 Å². The monoisotopic (exact) mass is 367 g/mol. The first-order chi connectivity index (χ1) is 12.8. The summed E-state index contributed by atoms with van der Waals surface area (Å²) in [5.41, 5.74) is 2.69. The van der Waals surface area contributed by atoms with Gasteiger partial charge in [0.1, 0.15) is 5.82 Å². The number of aryl methyl sites for hydroxylation is 1. The van der Waals surface area contributed by atoms with Gasteiger partial charge in [0.15, 0.2) is 0 Å². The van der Waals surface area contributed by atoms with Crippen molar-refractivity contribution in [3.05, 3.63) is 53.2 Å². The molecule has 1 aromatic heterocycles. The Kier molecular flexibility index (Phi) is 5.17. The first-order valence-electron chi connectivity index (χ1n) is 9.20. The van der Waals surface area contributed by atoms with Crippen LogP contribution in [0.4, 0.5) is 11.5 Å². The summed E-state index contributed by atoms with van der Waals surface area (Å²) in [5.74, 6) is -0.197. The maximum absolute atomic E-state index is 12.4. The van der Waals surface area contributed by atoms with Crippen molar-refractivity contribution < 1.29 is 14.7 Å². The molecule has 2 aromatic rings. The Balaban J connectivity index is 2.14. The van der Waals surface area contributed by atoms with E-state index in [0.717, 1.165) is 29.2 Å². The lowest BCUT2D eigenvalue weighted by Gasteiger charge is -2.45. The fourth-order valence-corrected chi connectivity index (χ4v) is 4.02. The summed E-state index contributed by atoms with van der Waals surface area (Å²) in [6.45, 7) is 7.64. The lowest BCUT2D eigenvalue weighted by molar-refractivity contribution is -0.117. The molecule has 0 saturated heterocycles. The highest BCUT2D eigenvalue weighted by Gasteiger charge is 2.40. The van der Waals surface area contributed by atoms with Gasteiger partial charge in [-0.3, -0.25) is 4.79 Å². The number of rotatable bonds is 4. The molecule has 0 bridgehead atoms. The molecule has 27 heavy (non-hydrogen) atoms. The molecule has 1 aromatic carbocycles. The van der Waals surface area contributed by atoms with E-state index in [4.69, 9.17) is 0 Å². The van der Waals surface area contributed by atoms with Gasteiger partial charge in [0.05, 0.1) is 11.6 Å². The van der Waals surface area contributed by atoms with E-state index in [9.17, 15) is 14.7 Å². The van der Waals surface area contributed by atoms with Crippen LogP contribution in [0.2, 0.25) is 0 Å². The molecule has 0 saturated carbocycles. The second-order valence-corrected chi connectivity index (χ2v) is 7.09. The van der Waals surface area contributed by atoms with Gasteiger partial charge in [-0.05, 0) is 49.2 Å². The summed E-state index contributed by atoms with van der Waals surface area (Å²) in [7, 11) is 0. The van der Waals surface area contributed by atoms with Gasteiger partial charge in [-0.15, -0.1) is 0 Å². The minimum atomic E-state index is -0.982. The van der Waals surface area contributed by atoms with Gasteiger partial charge in [0.2, 0.25) is 5.91 Å². The van der Waals surface area contributed by atoms with Crippen molar-refractivity contribution in [2.75, 3.05) is 10.2 Å². The van der Waals surface area contributed by atoms with Crippen molar-refractivity contribution in [2.24, 2.45) is 5.92 Å². The van der Waals surface area contributed by atoms with Gasteiger partial charge in [0.25, 0.3) is 0 Å². The average Bonchev–Trinajstić information content (AvgIpc) is 2.62. The first kappa shape index (κ1) is 18.9. The standard InChI is InChI=1S/C21H25N3O3/c1-5-17-13(3)20(23-19-8-6-7-12(2)22-19)16-11-15(21(26)27)9-10-18(16)24(17)14(4)25/h6-11,13,17,20H,5H2,1-4H3,(H,22,23)(H,26,27). The molecule has 1 aliphatic rings. The second-order valence-electron chi connectivity index (χ2n) is 7.09. The Morgan fingerprint density at radius 1 is 1.26 bits per heavy atom. The average molecular weight is 367 g/mol. The van der Waals surface area contributed by atoms with Gasteiger partial charge in [-0.25, -0.2) is 9.78 Å². The number of fused-ring (bicyclic) bond motifs is 1. The van der Waals surface area contributed by atoms with E-state index >= 15 is 0 Å². The van der Waals surface area contributed by atoms with Crippen molar-refractivity contribution in [3.8, 4) is 0 Å². The maximum atomic E-state index is 12.4. The number of amides is 1. The second kappa shape index (κ2) is 7.39. The lowest BCUT2D eigenvalue weighted by Crippen LogP contribution is -2.49. The third kappa shape index (κ3) is 3.52. The molecule has 0 fully saturated rings. The minimum absolute atomic E-state index is 0.0213. The fourth-order valence-electron chi connectivity index (χ4n) is 4.02. The lowest BCUT2D eigenvalue weighted by atomic mass is 9.80. The van der Waals surface area contributed by atoms with E-state index in [0.29, 0.717) is 0 Å². The Hall–Kier alpha value is -2.89. The fraction of sp³-hybridized carbons (Fsp3) is 0.381. The van der Waals surface area contributed by atoms with E-state index in [1.54, 1.807) is 30.0 Å². The Labute approximate surface area is 159 Å². The molecule has 6 nitrogen and oxygen atoms in total. The number of pyridine rings is 1. The molecule has 2 heterocycles. The van der Waals surface area contributed by atoms with Gasteiger partial charge >= 0.3 is 5.97 Å². The van der Waals surface area contributed by atoms with E-state index in [1.807, 2.05) is 25.1 Å². The van der Waals surface area contributed by atoms with E-state index < -0.39 is 5.97 Å². The molecular formula is C21H25N3O3. The number of nitrogens with zero attached hydrogens (tertiary/aromatic N) is 2. The molecule has 0 aliphatic carbocycles. The van der Waals surface area contributed by atoms with Crippen LogP contribution in [0.1, 0.15) is 54.8 Å². The predicted octanol–water partition coefficient (Wildman–Crippen LogP) is 4.02. The number of carboxylic acid groups (broad SMARTS) is 1. The largest absolute Gasteiger partial charge is 0.478 e. The molecule has 1 amide bonds. The zero-order chi connectivity index (χ0) is 19.7. The summed E-state index contributed by atoms with van der Waals surface area (Å²) in [6.07, 6.45) is 0.806. The summed E-state index contributed by atoms with van der Waals surface area (Å²) in [4.78, 5) is 30.2. The van der Waals surface area contributed by atoms with Crippen LogP contribution in [-0.4, -0.2) is 28.0 Å². The highest BCUT2D eigenvalue weighted by molar-refractivity contribution is 5.95. The van der Waals surface area contributed by atoms with Crippen LogP contribution < -0.4 is 10.2 Å². The molecule has 2 N–H and O–H groups in total. The van der Waals surface area contributed by atoms with Crippen molar-refractivity contribution in [1.29, 1.82) is 0 Å². The summed E-state index contributed by atoms with van der Waals surface area (Å²) in [6, 6.07) is 10.6. The van der Waals surface area contributed by atoms with E-state index in [2.05, 4.69) is 24.1 Å². The molecule has 0 radical (unpaired) electrons. The minimum Gasteiger partial charge on any atom is -0.478 e. The molecule has 3 unspecified atom stereocenters. The molecule has 1 aliphatic heterocycles. The van der Waals surface area contributed by atoms with Crippen molar-refractivity contribution in [2.45, 2.75) is 46.2 Å². The third-order valence-corrected chi connectivity index (χ3v) is 5.28. The smallest absolute Gasteiger partial charge is 0.335 e. The number of hydrogen-bond acceptors (Lipinski definition) is 4. The van der Waals surface area contributed by atoms with Crippen LogP contribution in [-0.2, 0) is 4.79 Å². The number of aromatic nitrogens is 1. The van der Waals surface area contributed by atoms with E-state index in [-0.39, 0.29) is 29.5 Å². The Morgan fingerprint density at radius 3 is 2.59 bits per heavy atom. The van der Waals surface area contributed by atoms with Crippen molar-refractivity contribution in [1.82, 2.24) is 4.98 Å². The quantitative estimate of drug-likeness (QED) is 0.853. The van der Waals surface area contributed by atoms with Crippen LogP contribution >= 0.6 is 0 Å². The SMILES string of the molecule is CCC1C(C)C(Nc2cccc(C)n2)c2cc(C(=O)O)ccc2N1C(C)=O. The number of anilines is 2. The number of nitrogens with one attached hydrogen (secondary N) is 1. The van der Waals surface area contributed by atoms with E-state index in [1.165, 1.54) is 0 Å². The van der Waals surface area contributed by atoms with Gasteiger partial charge < -0.3 is 15.3 Å². The zero-order valence-electron chi connectivity index (χ0n) is 16.1. The third-order valence-electron chi connectivity index (χ3n) is 5.28. The molecule has 0 spiro atoms. The Morgan fingerprint density at radius 2 is 2.00 bits per heavy atom. The molecular weight excluding hydrogens is 342 g/mol. The Bertz CT molecular complexity index is 881. The number of benzene rings is 1. The summed E-state index contributed by atoms with van der Waals surface area (Å²) >= 11 is 0. The molecule has 3 rings (SSSR count). The molecule has 6 heteroatoms. The first-order valence-corrected chi connectivity index (χ1v) is 9.20. The number of aromatic carboxylic acids is 1. The van der Waals surface area contributed by atoms with Crippen molar-refractivity contribution >= 4 is 23.4 Å². The highest BCUT2D eigenvalue weighted by Crippen LogP contribution is 2.43. The van der Waals surface area contributed by atoms with Crippen LogP contribution in [0.15, 0.2) is 36.4 Å². The normalized spacial score (nSPS) is 21.5. The van der Waals surface area contributed by atoms with Gasteiger partial charge in [-0.2, -0.15) is 0 Å². The van der Waals surface area contributed by atoms with Crippen LogP contribution in [0.5, 0.6) is 0 Å². The van der Waals surface area contributed by atoms with Crippen molar-refractivity contribution in [3.63, 3.8) is 0 Å². The summed E-state index contributed by atoms with van der Waals surface area (Å²) < 4.78 is 0. The van der Waals surface area contributed by atoms with Gasteiger partial charge in [0, 0.05) is 30.3 Å². The topological polar surface area (TPSA) is 82.5 Å². The number of hydrogen-bond donors (Lipinski definition) is 2.